The number of sulfonamides is 1. The predicted octanol–water partition coefficient (Wildman–Crippen LogP) is 2.54. The summed E-state index contributed by atoms with van der Waals surface area (Å²) in [6, 6.07) is 7.26. The summed E-state index contributed by atoms with van der Waals surface area (Å²) < 4.78 is 32.2. The predicted molar refractivity (Wildman–Crippen MR) is 92.9 cm³/mol. The highest BCUT2D eigenvalue weighted by Crippen LogP contribution is 2.15. The first-order valence-corrected chi connectivity index (χ1v) is 9.23. The summed E-state index contributed by atoms with van der Waals surface area (Å²) in [6.07, 6.45) is 1.44. The van der Waals surface area contributed by atoms with Crippen molar-refractivity contribution in [3.63, 3.8) is 0 Å². The Labute approximate surface area is 145 Å². The molecule has 0 bridgehead atoms. The number of ether oxygens (including phenoxy) is 1. The van der Waals surface area contributed by atoms with E-state index in [1.807, 2.05) is 13.8 Å². The normalized spacial score (nSPS) is 11.7. The molecule has 2 N–H and O–H groups in total. The van der Waals surface area contributed by atoms with Crippen LogP contribution in [0.4, 0.5) is 0 Å². The third-order valence-corrected chi connectivity index (χ3v) is 4.70. The molecular weight excluding hydrogens is 352 g/mol. The van der Waals surface area contributed by atoms with Crippen LogP contribution in [0.5, 0.6) is 5.75 Å². The summed E-state index contributed by atoms with van der Waals surface area (Å²) in [6.45, 7) is 4.35. The van der Waals surface area contributed by atoms with Gasteiger partial charge in [0.25, 0.3) is 0 Å². The SMILES string of the molecule is CC(C)COc1c[nH]c(CNS(=O)(=O)c2cccc(Cl)c2)cc1=O. The fraction of sp³-hybridized carbons (Fsp3) is 0.312. The van der Waals surface area contributed by atoms with Gasteiger partial charge in [-0.05, 0) is 24.1 Å². The average Bonchev–Trinajstić information content (AvgIpc) is 2.52. The molecular formula is C16H19ClN2O4S. The molecule has 1 heterocycles. The van der Waals surface area contributed by atoms with Gasteiger partial charge in [-0.3, -0.25) is 4.79 Å². The topological polar surface area (TPSA) is 88.3 Å². The number of benzene rings is 1. The molecule has 8 heteroatoms. The van der Waals surface area contributed by atoms with Crippen molar-refractivity contribution in [1.29, 1.82) is 0 Å². The number of aromatic nitrogens is 1. The highest BCUT2D eigenvalue weighted by atomic mass is 35.5. The zero-order valence-electron chi connectivity index (χ0n) is 13.4. The zero-order chi connectivity index (χ0) is 17.7. The molecule has 0 saturated heterocycles. The van der Waals surface area contributed by atoms with Crippen LogP contribution in [0.15, 0.2) is 46.2 Å². The molecule has 0 radical (unpaired) electrons. The summed E-state index contributed by atoms with van der Waals surface area (Å²) >= 11 is 5.80. The lowest BCUT2D eigenvalue weighted by molar-refractivity contribution is 0.267. The zero-order valence-corrected chi connectivity index (χ0v) is 14.9. The Bertz CT molecular complexity index is 862. The Morgan fingerprint density at radius 2 is 2.04 bits per heavy atom. The number of H-pyrrole nitrogens is 1. The van der Waals surface area contributed by atoms with Crippen LogP contribution in [0.3, 0.4) is 0 Å². The van der Waals surface area contributed by atoms with Crippen molar-refractivity contribution in [2.45, 2.75) is 25.3 Å². The number of aromatic amines is 1. The molecule has 0 aliphatic rings. The van der Waals surface area contributed by atoms with Crippen LogP contribution in [-0.2, 0) is 16.6 Å². The van der Waals surface area contributed by atoms with Gasteiger partial charge in [0.05, 0.1) is 18.0 Å². The van der Waals surface area contributed by atoms with Crippen molar-refractivity contribution >= 4 is 21.6 Å². The summed E-state index contributed by atoms with van der Waals surface area (Å²) in [7, 11) is -3.71. The molecule has 0 aliphatic heterocycles. The lowest BCUT2D eigenvalue weighted by Crippen LogP contribution is -2.24. The molecule has 2 aromatic rings. The Morgan fingerprint density at radius 3 is 2.67 bits per heavy atom. The number of pyridine rings is 1. The van der Waals surface area contributed by atoms with E-state index in [0.717, 1.165) is 0 Å². The quantitative estimate of drug-likeness (QED) is 0.783. The van der Waals surface area contributed by atoms with Gasteiger partial charge in [-0.25, -0.2) is 13.1 Å². The van der Waals surface area contributed by atoms with Gasteiger partial charge in [0.1, 0.15) is 0 Å². The lowest BCUT2D eigenvalue weighted by atomic mass is 10.2. The van der Waals surface area contributed by atoms with Gasteiger partial charge in [-0.2, -0.15) is 0 Å². The number of halogens is 1. The highest BCUT2D eigenvalue weighted by Gasteiger charge is 2.14. The average molecular weight is 371 g/mol. The first-order valence-electron chi connectivity index (χ1n) is 7.37. The van der Waals surface area contributed by atoms with Gasteiger partial charge < -0.3 is 9.72 Å². The van der Waals surface area contributed by atoms with Crippen molar-refractivity contribution in [1.82, 2.24) is 9.71 Å². The standard InChI is InChI=1S/C16H19ClN2O4S/c1-11(2)10-23-16-9-18-13(7-15(16)20)8-19-24(21,22)14-5-3-4-12(17)6-14/h3-7,9,11,19H,8,10H2,1-2H3,(H,18,20). The molecule has 0 saturated carbocycles. The van der Waals surface area contributed by atoms with Crippen LogP contribution < -0.4 is 14.9 Å². The molecule has 0 aliphatic carbocycles. The van der Waals surface area contributed by atoms with Gasteiger partial charge in [0.2, 0.25) is 15.5 Å². The molecule has 0 unspecified atom stereocenters. The van der Waals surface area contributed by atoms with Crippen molar-refractivity contribution in [2.75, 3.05) is 6.61 Å². The van der Waals surface area contributed by atoms with E-state index in [1.165, 1.54) is 24.4 Å². The molecule has 1 aromatic carbocycles. The molecule has 1 aromatic heterocycles. The minimum absolute atomic E-state index is 0.0471. The van der Waals surface area contributed by atoms with Gasteiger partial charge in [-0.1, -0.05) is 31.5 Å². The molecule has 0 atom stereocenters. The van der Waals surface area contributed by atoms with Crippen LogP contribution in [-0.4, -0.2) is 20.0 Å². The second kappa shape index (κ2) is 7.83. The van der Waals surface area contributed by atoms with Crippen LogP contribution in [0.1, 0.15) is 19.5 Å². The van der Waals surface area contributed by atoms with E-state index in [1.54, 1.807) is 12.1 Å². The van der Waals surface area contributed by atoms with E-state index in [4.69, 9.17) is 16.3 Å². The lowest BCUT2D eigenvalue weighted by Gasteiger charge is -2.10. The second-order valence-electron chi connectivity index (χ2n) is 5.67. The summed E-state index contributed by atoms with van der Waals surface area (Å²) in [4.78, 5) is 14.9. The van der Waals surface area contributed by atoms with Gasteiger partial charge in [-0.15, -0.1) is 0 Å². The first kappa shape index (κ1) is 18.5. The molecule has 6 nitrogen and oxygen atoms in total. The summed E-state index contributed by atoms with van der Waals surface area (Å²) in [5, 5.41) is 0.331. The van der Waals surface area contributed by atoms with E-state index in [9.17, 15) is 13.2 Å². The number of rotatable bonds is 7. The first-order chi connectivity index (χ1) is 11.3. The summed E-state index contributed by atoms with van der Waals surface area (Å²) in [5.41, 5.74) is 0.133. The molecule has 0 amide bonds. The Hall–Kier alpha value is -1.83. The maximum absolute atomic E-state index is 12.2. The van der Waals surface area contributed by atoms with Crippen molar-refractivity contribution in [2.24, 2.45) is 5.92 Å². The number of nitrogens with one attached hydrogen (secondary N) is 2. The molecule has 130 valence electrons. The van der Waals surface area contributed by atoms with E-state index in [0.29, 0.717) is 23.2 Å². The number of hydrogen-bond donors (Lipinski definition) is 2. The van der Waals surface area contributed by atoms with Crippen molar-refractivity contribution in [3.05, 3.63) is 57.5 Å². The molecule has 2 rings (SSSR count). The maximum Gasteiger partial charge on any atom is 0.240 e. The maximum atomic E-state index is 12.2. The van der Waals surface area contributed by atoms with E-state index in [-0.39, 0.29) is 22.6 Å². The second-order valence-corrected chi connectivity index (χ2v) is 7.88. The molecule has 0 fully saturated rings. The van der Waals surface area contributed by atoms with Gasteiger partial charge >= 0.3 is 0 Å². The van der Waals surface area contributed by atoms with E-state index >= 15 is 0 Å². The molecule has 0 spiro atoms. The fourth-order valence-corrected chi connectivity index (χ4v) is 3.17. The van der Waals surface area contributed by atoms with Crippen LogP contribution in [0.25, 0.3) is 0 Å². The largest absolute Gasteiger partial charge is 0.488 e. The molecule has 24 heavy (non-hydrogen) atoms. The van der Waals surface area contributed by atoms with Crippen LogP contribution >= 0.6 is 11.6 Å². The van der Waals surface area contributed by atoms with Crippen LogP contribution in [0, 0.1) is 5.92 Å². The van der Waals surface area contributed by atoms with E-state index in [2.05, 4.69) is 9.71 Å². The Balaban J connectivity index is 2.06. The minimum Gasteiger partial charge on any atom is -0.488 e. The summed E-state index contributed by atoms with van der Waals surface area (Å²) in [5.74, 6) is 0.513. The third kappa shape index (κ3) is 5.09. The minimum atomic E-state index is -3.71. The van der Waals surface area contributed by atoms with Crippen molar-refractivity contribution < 1.29 is 13.2 Å². The Morgan fingerprint density at radius 1 is 1.29 bits per heavy atom. The Kier molecular flexibility index (Phi) is 6.04. The monoisotopic (exact) mass is 370 g/mol. The van der Waals surface area contributed by atoms with Gasteiger partial charge in [0.15, 0.2) is 5.75 Å². The third-order valence-electron chi connectivity index (χ3n) is 3.07. The smallest absolute Gasteiger partial charge is 0.240 e. The van der Waals surface area contributed by atoms with Gasteiger partial charge in [0, 0.05) is 23.0 Å². The van der Waals surface area contributed by atoms with Crippen molar-refractivity contribution in [3.8, 4) is 5.75 Å². The number of hydrogen-bond acceptors (Lipinski definition) is 4. The van der Waals surface area contributed by atoms with E-state index < -0.39 is 10.0 Å². The fourth-order valence-electron chi connectivity index (χ4n) is 1.86. The highest BCUT2D eigenvalue weighted by molar-refractivity contribution is 7.89. The van der Waals surface area contributed by atoms with Crippen LogP contribution in [0.2, 0.25) is 5.02 Å².